The maximum absolute atomic E-state index is 13.2. The second-order valence-electron chi connectivity index (χ2n) is 8.10. The fourth-order valence-electron chi connectivity index (χ4n) is 3.93. The molecule has 0 aliphatic carbocycles. The fourth-order valence-corrected chi connectivity index (χ4v) is 5.21. The summed E-state index contributed by atoms with van der Waals surface area (Å²) in [5, 5.41) is 7.41. The molecule has 3 heterocycles. The van der Waals surface area contributed by atoms with Gasteiger partial charge < -0.3 is 4.90 Å². The van der Waals surface area contributed by atoms with Gasteiger partial charge in [0.25, 0.3) is 5.91 Å². The van der Waals surface area contributed by atoms with Crippen molar-refractivity contribution in [3.8, 4) is 0 Å². The van der Waals surface area contributed by atoms with E-state index in [1.165, 1.54) is 11.3 Å². The van der Waals surface area contributed by atoms with Crippen molar-refractivity contribution in [2.45, 2.75) is 26.9 Å². The number of benzene rings is 2. The minimum Gasteiger partial charge on any atom is -0.333 e. The zero-order valence-corrected chi connectivity index (χ0v) is 20.1. The molecular formula is C25H22ClN5OS. The fraction of sp³-hybridized carbons (Fsp3) is 0.200. The van der Waals surface area contributed by atoms with E-state index in [-0.39, 0.29) is 5.91 Å². The van der Waals surface area contributed by atoms with Crippen LogP contribution in [0.25, 0.3) is 21.1 Å². The van der Waals surface area contributed by atoms with Crippen LogP contribution < -0.4 is 0 Å². The highest BCUT2D eigenvalue weighted by Crippen LogP contribution is 2.30. The largest absolute Gasteiger partial charge is 0.333 e. The first-order valence-corrected chi connectivity index (χ1v) is 11.8. The summed E-state index contributed by atoms with van der Waals surface area (Å²) in [4.78, 5) is 25.8. The third-order valence-corrected chi connectivity index (χ3v) is 7.02. The van der Waals surface area contributed by atoms with E-state index in [0.717, 1.165) is 38.1 Å². The Bertz CT molecular complexity index is 1490. The molecule has 6 nitrogen and oxygen atoms in total. The molecule has 1 amide bonds. The lowest BCUT2D eigenvalue weighted by Crippen LogP contribution is -2.26. The second-order valence-corrected chi connectivity index (χ2v) is 9.57. The van der Waals surface area contributed by atoms with E-state index < -0.39 is 0 Å². The van der Waals surface area contributed by atoms with E-state index in [4.69, 9.17) is 11.6 Å². The van der Waals surface area contributed by atoms with E-state index in [0.29, 0.717) is 28.8 Å². The van der Waals surface area contributed by atoms with E-state index in [2.05, 4.69) is 15.1 Å². The highest BCUT2D eigenvalue weighted by molar-refractivity contribution is 7.20. The molecule has 33 heavy (non-hydrogen) atoms. The summed E-state index contributed by atoms with van der Waals surface area (Å²) in [5.74, 6) is 0.580. The number of carbonyl (C=O) groups excluding carboxylic acids is 1. The number of aromatic nitrogens is 4. The van der Waals surface area contributed by atoms with Gasteiger partial charge in [-0.15, -0.1) is 11.3 Å². The summed E-state index contributed by atoms with van der Waals surface area (Å²) in [5.41, 5.74) is 3.81. The number of halogens is 1. The van der Waals surface area contributed by atoms with Gasteiger partial charge in [-0.2, -0.15) is 5.10 Å². The van der Waals surface area contributed by atoms with E-state index in [9.17, 15) is 4.79 Å². The third-order valence-electron chi connectivity index (χ3n) is 5.63. The van der Waals surface area contributed by atoms with Gasteiger partial charge in [-0.3, -0.25) is 9.48 Å². The summed E-state index contributed by atoms with van der Waals surface area (Å²) in [6.07, 6.45) is 0. The first-order valence-electron chi connectivity index (χ1n) is 10.6. The smallest absolute Gasteiger partial charge is 0.264 e. The summed E-state index contributed by atoms with van der Waals surface area (Å²) in [6.45, 7) is 4.90. The number of carbonyl (C=O) groups is 1. The van der Waals surface area contributed by atoms with Crippen molar-refractivity contribution < 1.29 is 4.79 Å². The van der Waals surface area contributed by atoms with Crippen molar-refractivity contribution in [2.24, 2.45) is 0 Å². The normalized spacial score (nSPS) is 11.4. The first-order chi connectivity index (χ1) is 15.9. The van der Waals surface area contributed by atoms with Crippen LogP contribution in [0.2, 0.25) is 5.02 Å². The van der Waals surface area contributed by atoms with Crippen molar-refractivity contribution in [1.82, 2.24) is 24.6 Å². The number of rotatable bonds is 5. The van der Waals surface area contributed by atoms with Gasteiger partial charge in [0.2, 0.25) is 0 Å². The maximum atomic E-state index is 13.2. The quantitative estimate of drug-likeness (QED) is 0.330. The molecule has 0 spiro atoms. The number of thiophene rings is 1. The molecule has 0 unspecified atom stereocenters. The van der Waals surface area contributed by atoms with Crippen molar-refractivity contribution >= 4 is 50.0 Å². The van der Waals surface area contributed by atoms with Crippen LogP contribution in [0, 0.1) is 13.8 Å². The summed E-state index contributed by atoms with van der Waals surface area (Å²) in [7, 11) is 1.79. The average molecular weight is 476 g/mol. The van der Waals surface area contributed by atoms with Gasteiger partial charge in [0.1, 0.15) is 10.7 Å². The monoisotopic (exact) mass is 475 g/mol. The molecule has 0 aliphatic heterocycles. The van der Waals surface area contributed by atoms with E-state index in [1.54, 1.807) is 11.9 Å². The van der Waals surface area contributed by atoms with Gasteiger partial charge in [0, 0.05) is 28.5 Å². The molecule has 2 aromatic carbocycles. The lowest BCUT2D eigenvalue weighted by atomic mass is 10.2. The van der Waals surface area contributed by atoms with Crippen molar-refractivity contribution in [3.05, 3.63) is 87.3 Å². The molecule has 5 aromatic rings. The molecule has 0 fully saturated rings. The van der Waals surface area contributed by atoms with Crippen LogP contribution in [0.1, 0.15) is 32.4 Å². The summed E-state index contributed by atoms with van der Waals surface area (Å²) < 4.78 is 1.95. The molecule has 3 aromatic heterocycles. The minimum absolute atomic E-state index is 0.0527. The van der Waals surface area contributed by atoms with Crippen molar-refractivity contribution in [3.63, 3.8) is 0 Å². The Morgan fingerprint density at radius 2 is 1.79 bits per heavy atom. The highest BCUT2D eigenvalue weighted by Gasteiger charge is 2.20. The number of hydrogen-bond donors (Lipinski definition) is 0. The molecule has 0 saturated carbocycles. The zero-order valence-electron chi connectivity index (χ0n) is 18.5. The Labute approximate surface area is 200 Å². The SMILES string of the molecule is Cc1nc(CN(C)C(=O)c2cc3c(C)nn(Cc4ccc(Cl)cc4)c3s2)nc2ccccc12. The number of nitrogens with zero attached hydrogens (tertiary/aromatic N) is 5. The molecule has 0 radical (unpaired) electrons. The minimum atomic E-state index is -0.0527. The first kappa shape index (κ1) is 21.6. The Hall–Kier alpha value is -3.29. The Kier molecular flexibility index (Phi) is 5.60. The average Bonchev–Trinajstić information content (AvgIpc) is 3.36. The van der Waals surface area contributed by atoms with Crippen LogP contribution in [-0.2, 0) is 13.1 Å². The van der Waals surface area contributed by atoms with Gasteiger partial charge >= 0.3 is 0 Å². The predicted octanol–water partition coefficient (Wildman–Crippen LogP) is 5.63. The van der Waals surface area contributed by atoms with E-state index in [1.807, 2.05) is 73.1 Å². The zero-order chi connectivity index (χ0) is 23.1. The molecule has 0 bridgehead atoms. The third kappa shape index (κ3) is 4.21. The predicted molar refractivity (Wildman–Crippen MR) is 133 cm³/mol. The van der Waals surface area contributed by atoms with Crippen LogP contribution in [0.4, 0.5) is 0 Å². The van der Waals surface area contributed by atoms with Crippen LogP contribution in [0.3, 0.4) is 0 Å². The molecule has 5 rings (SSSR count). The van der Waals surface area contributed by atoms with Crippen LogP contribution in [-0.4, -0.2) is 37.6 Å². The Morgan fingerprint density at radius 3 is 2.58 bits per heavy atom. The van der Waals surface area contributed by atoms with Crippen molar-refractivity contribution in [1.29, 1.82) is 0 Å². The van der Waals surface area contributed by atoms with Gasteiger partial charge in [-0.25, -0.2) is 9.97 Å². The molecular weight excluding hydrogens is 454 g/mol. The standard InChI is InChI=1S/C25H22ClN5OS/c1-15-19-6-4-5-7-21(19)28-23(27-15)14-30(3)24(32)22-12-20-16(2)29-31(25(20)33-22)13-17-8-10-18(26)11-9-17/h4-12H,13-14H2,1-3H3. The number of amides is 1. The van der Waals surface area contributed by atoms with Crippen molar-refractivity contribution in [2.75, 3.05) is 7.05 Å². The molecule has 0 N–H and O–H groups in total. The number of aryl methyl sites for hydroxylation is 2. The molecule has 166 valence electrons. The maximum Gasteiger partial charge on any atom is 0.264 e. The molecule has 8 heteroatoms. The summed E-state index contributed by atoms with van der Waals surface area (Å²) >= 11 is 7.47. The molecule has 0 saturated heterocycles. The highest BCUT2D eigenvalue weighted by atomic mass is 35.5. The van der Waals surface area contributed by atoms with Gasteiger partial charge in [-0.05, 0) is 43.7 Å². The van der Waals surface area contributed by atoms with Gasteiger partial charge in [0.05, 0.1) is 29.2 Å². The Balaban J connectivity index is 1.39. The second kappa shape index (κ2) is 8.57. The lowest BCUT2D eigenvalue weighted by Gasteiger charge is -2.16. The van der Waals surface area contributed by atoms with Crippen LogP contribution in [0.5, 0.6) is 0 Å². The number of hydrogen-bond acceptors (Lipinski definition) is 5. The van der Waals surface area contributed by atoms with Crippen LogP contribution >= 0.6 is 22.9 Å². The lowest BCUT2D eigenvalue weighted by molar-refractivity contribution is 0.0786. The van der Waals surface area contributed by atoms with E-state index >= 15 is 0 Å². The molecule has 0 atom stereocenters. The van der Waals surface area contributed by atoms with Crippen LogP contribution in [0.15, 0.2) is 54.6 Å². The van der Waals surface area contributed by atoms with Gasteiger partial charge in [0.15, 0.2) is 0 Å². The summed E-state index contributed by atoms with van der Waals surface area (Å²) in [6, 6.07) is 17.6. The number of para-hydroxylation sites is 1. The van der Waals surface area contributed by atoms with Gasteiger partial charge in [-0.1, -0.05) is 41.9 Å². The topological polar surface area (TPSA) is 63.9 Å². The Morgan fingerprint density at radius 1 is 1.03 bits per heavy atom. The molecule has 0 aliphatic rings. The number of fused-ring (bicyclic) bond motifs is 2.